The van der Waals surface area contributed by atoms with Crippen LogP contribution in [0.15, 0.2) is 10.1 Å². The fourth-order valence-corrected chi connectivity index (χ4v) is 0.910. The van der Waals surface area contributed by atoms with Crippen LogP contribution >= 0.6 is 40.3 Å². The van der Waals surface area contributed by atoms with Gasteiger partial charge >= 0.3 is 0 Å². The summed E-state index contributed by atoms with van der Waals surface area (Å²) in [5.74, 6) is 6.08. The van der Waals surface area contributed by atoms with E-state index in [0.717, 1.165) is 5.75 Å². The van der Waals surface area contributed by atoms with Crippen LogP contribution in [0.25, 0.3) is 0 Å². The molecule has 0 bridgehead atoms. The first-order chi connectivity index (χ1) is 4.81. The van der Waals surface area contributed by atoms with E-state index < -0.39 is 0 Å². The van der Waals surface area contributed by atoms with Crippen LogP contribution in [-0.4, -0.2) is 23.1 Å². The van der Waals surface area contributed by atoms with Gasteiger partial charge in [-0.05, 0) is 0 Å². The zero-order valence-electron chi connectivity index (χ0n) is 5.74. The third kappa shape index (κ3) is 10.1. The Morgan fingerprint density at radius 2 is 2.27 bits per heavy atom. The predicted octanol–water partition coefficient (Wildman–Crippen LogP) is 0.753. The molecule has 0 aromatic rings. The fraction of sp³-hybridized carbons (Fsp3) is 0.500. The van der Waals surface area contributed by atoms with Crippen LogP contribution in [0.3, 0.4) is 0 Å². The van der Waals surface area contributed by atoms with E-state index >= 15 is 0 Å². The minimum absolute atomic E-state index is 0. The number of halogens is 2. The molecule has 0 aromatic carbocycles. The molecule has 0 aliphatic rings. The largest absolute Gasteiger partial charge is 0.378 e. The highest BCUT2D eigenvalue weighted by Gasteiger charge is 1.89. The van der Waals surface area contributed by atoms with E-state index in [0.29, 0.717) is 11.0 Å². The van der Waals surface area contributed by atoms with Gasteiger partial charge < -0.3 is 11.6 Å². The van der Waals surface area contributed by atoms with Crippen molar-refractivity contribution in [1.29, 1.82) is 0 Å². The monoisotopic (exact) mass is 260 g/mol. The third-order valence-corrected chi connectivity index (χ3v) is 1.80. The molecule has 0 aliphatic carbocycles. The van der Waals surface area contributed by atoms with Gasteiger partial charge in [0.2, 0.25) is 0 Å². The summed E-state index contributed by atoms with van der Waals surface area (Å²) in [5.41, 5.74) is 5.35. The number of amidine groups is 1. The van der Waals surface area contributed by atoms with Gasteiger partial charge in [0.15, 0.2) is 5.17 Å². The second-order valence-corrected chi connectivity index (χ2v) is 2.76. The Morgan fingerprint density at radius 3 is 2.73 bits per heavy atom. The van der Waals surface area contributed by atoms with Crippen LogP contribution in [0.4, 0.5) is 0 Å². The molecule has 4 nitrogen and oxygen atoms in total. The highest BCUT2D eigenvalue weighted by atomic mass is 79.9. The van der Waals surface area contributed by atoms with Gasteiger partial charge in [-0.3, -0.25) is 0 Å². The van der Waals surface area contributed by atoms with Crippen LogP contribution in [0.5, 0.6) is 0 Å². The molecule has 4 N–H and O–H groups in total. The van der Waals surface area contributed by atoms with E-state index in [1.165, 1.54) is 18.1 Å². The molecule has 0 atom stereocenters. The van der Waals surface area contributed by atoms with Crippen LogP contribution in [0.1, 0.15) is 0 Å². The van der Waals surface area contributed by atoms with E-state index in [2.05, 4.69) is 10.1 Å². The number of nitrogens with two attached hydrogens (primary N) is 2. The SMILES string of the molecule is Br.N/N=C\N=C(N)SCCCl. The molecule has 0 amide bonds. The zero-order valence-corrected chi connectivity index (χ0v) is 9.02. The highest BCUT2D eigenvalue weighted by Crippen LogP contribution is 1.98. The van der Waals surface area contributed by atoms with Crippen LogP contribution in [0, 0.1) is 0 Å². The van der Waals surface area contributed by atoms with Crippen molar-refractivity contribution in [3.63, 3.8) is 0 Å². The lowest BCUT2D eigenvalue weighted by molar-refractivity contribution is 1.25. The number of aliphatic imine (C=N–C) groups is 1. The van der Waals surface area contributed by atoms with E-state index in [-0.39, 0.29) is 17.0 Å². The number of hydrazone groups is 1. The van der Waals surface area contributed by atoms with Crippen molar-refractivity contribution in [3.8, 4) is 0 Å². The van der Waals surface area contributed by atoms with E-state index in [4.69, 9.17) is 23.2 Å². The van der Waals surface area contributed by atoms with Crippen molar-refractivity contribution in [2.24, 2.45) is 21.7 Å². The van der Waals surface area contributed by atoms with Crippen LogP contribution in [-0.2, 0) is 0 Å². The highest BCUT2D eigenvalue weighted by molar-refractivity contribution is 8.93. The maximum absolute atomic E-state index is 5.39. The molecule has 0 radical (unpaired) electrons. The Bertz CT molecular complexity index is 140. The molecule has 0 saturated carbocycles. The van der Waals surface area contributed by atoms with Crippen molar-refractivity contribution < 1.29 is 0 Å². The number of rotatable bonds is 3. The summed E-state index contributed by atoms with van der Waals surface area (Å²) < 4.78 is 0. The summed E-state index contributed by atoms with van der Waals surface area (Å²) in [6, 6.07) is 0. The number of thioether (sulfide) groups is 1. The summed E-state index contributed by atoms with van der Waals surface area (Å²) >= 11 is 6.76. The second-order valence-electron chi connectivity index (χ2n) is 1.27. The minimum atomic E-state index is 0. The first-order valence-corrected chi connectivity index (χ1v) is 4.07. The molecule has 0 aliphatic heterocycles. The number of hydrogen-bond donors (Lipinski definition) is 2. The molecule has 7 heteroatoms. The maximum Gasteiger partial charge on any atom is 0.160 e. The maximum atomic E-state index is 5.39. The molecular weight excluding hydrogens is 251 g/mol. The van der Waals surface area contributed by atoms with Gasteiger partial charge in [-0.15, -0.1) is 28.6 Å². The topological polar surface area (TPSA) is 76.8 Å². The lowest BCUT2D eigenvalue weighted by atomic mass is 11.0. The van der Waals surface area contributed by atoms with Crippen molar-refractivity contribution in [1.82, 2.24) is 0 Å². The smallest absolute Gasteiger partial charge is 0.160 e. The number of alkyl halides is 1. The molecule has 0 aromatic heterocycles. The molecule has 0 heterocycles. The number of hydrogen-bond acceptors (Lipinski definition) is 3. The van der Waals surface area contributed by atoms with Crippen molar-refractivity contribution in [2.75, 3.05) is 11.6 Å². The molecule has 0 unspecified atom stereocenters. The average molecular weight is 262 g/mol. The fourth-order valence-electron chi connectivity index (χ4n) is 0.271. The van der Waals surface area contributed by atoms with Gasteiger partial charge in [0, 0.05) is 11.6 Å². The molecule has 0 fully saturated rings. The van der Waals surface area contributed by atoms with Crippen molar-refractivity contribution in [2.45, 2.75) is 0 Å². The molecule has 66 valence electrons. The van der Waals surface area contributed by atoms with Crippen LogP contribution < -0.4 is 11.6 Å². The van der Waals surface area contributed by atoms with Crippen molar-refractivity contribution in [3.05, 3.63) is 0 Å². The second kappa shape index (κ2) is 10.1. The Labute approximate surface area is 85.2 Å². The third-order valence-electron chi connectivity index (χ3n) is 0.579. The Kier molecular flexibility index (Phi) is 12.5. The first-order valence-electron chi connectivity index (χ1n) is 2.55. The minimum Gasteiger partial charge on any atom is -0.378 e. The van der Waals surface area contributed by atoms with Gasteiger partial charge in [-0.1, -0.05) is 11.8 Å². The standard InChI is InChI=1S/C4H9ClN4S.BrH/c5-1-2-10-4(6)8-3-9-7;/h3H,1-2,7H2,(H2,6,8,9);1H. The van der Waals surface area contributed by atoms with E-state index in [1.807, 2.05) is 0 Å². The van der Waals surface area contributed by atoms with E-state index in [1.54, 1.807) is 0 Å². The van der Waals surface area contributed by atoms with Crippen LogP contribution in [0.2, 0.25) is 0 Å². The Morgan fingerprint density at radius 1 is 1.64 bits per heavy atom. The normalized spacial score (nSPS) is 11.5. The lowest BCUT2D eigenvalue weighted by Crippen LogP contribution is -2.07. The number of nitrogens with zero attached hydrogens (tertiary/aromatic N) is 2. The van der Waals surface area contributed by atoms with Gasteiger partial charge in [0.25, 0.3) is 0 Å². The average Bonchev–Trinajstić information content (AvgIpc) is 1.97. The molecular formula is C4H10BrClN4S. The lowest BCUT2D eigenvalue weighted by Gasteiger charge is -1.92. The zero-order chi connectivity index (χ0) is 7.82. The first kappa shape index (κ1) is 13.6. The van der Waals surface area contributed by atoms with Gasteiger partial charge in [0.1, 0.15) is 6.34 Å². The van der Waals surface area contributed by atoms with Gasteiger partial charge in [-0.2, -0.15) is 5.10 Å². The summed E-state index contributed by atoms with van der Waals surface area (Å²) in [6.07, 6.45) is 1.19. The van der Waals surface area contributed by atoms with Crippen molar-refractivity contribution >= 4 is 51.9 Å². The Hall–Kier alpha value is 0.0600. The molecule has 11 heavy (non-hydrogen) atoms. The summed E-state index contributed by atoms with van der Waals surface area (Å²) in [6.45, 7) is 0. The summed E-state index contributed by atoms with van der Waals surface area (Å²) in [4.78, 5) is 3.66. The van der Waals surface area contributed by atoms with E-state index in [9.17, 15) is 0 Å². The summed E-state index contributed by atoms with van der Waals surface area (Å²) in [7, 11) is 0. The molecule has 0 saturated heterocycles. The predicted molar refractivity (Wildman–Crippen MR) is 57.8 cm³/mol. The molecule has 0 rings (SSSR count). The summed E-state index contributed by atoms with van der Waals surface area (Å²) in [5, 5.41) is 3.57. The van der Waals surface area contributed by atoms with Gasteiger partial charge in [-0.25, -0.2) is 4.99 Å². The quantitative estimate of drug-likeness (QED) is 0.259. The Balaban J connectivity index is 0. The molecule has 0 spiro atoms. The van der Waals surface area contributed by atoms with Gasteiger partial charge in [0.05, 0.1) is 0 Å².